The van der Waals surface area contributed by atoms with Crippen LogP contribution in [0.3, 0.4) is 0 Å². The second kappa shape index (κ2) is 7.87. The Bertz CT molecular complexity index is 905. The van der Waals surface area contributed by atoms with Crippen LogP contribution in [0.25, 0.3) is 10.9 Å². The number of amides is 2. The van der Waals surface area contributed by atoms with Gasteiger partial charge < -0.3 is 14.5 Å². The minimum absolute atomic E-state index is 0.0470. The zero-order valence-corrected chi connectivity index (χ0v) is 16.6. The summed E-state index contributed by atoms with van der Waals surface area (Å²) in [6.07, 6.45) is 2.05. The third kappa shape index (κ3) is 3.74. The fraction of sp³-hybridized carbons (Fsp3) is 0.500. The number of benzene rings is 1. The zero-order valence-electron chi connectivity index (χ0n) is 16.6. The van der Waals surface area contributed by atoms with Gasteiger partial charge in [0.1, 0.15) is 0 Å². The van der Waals surface area contributed by atoms with Gasteiger partial charge in [-0.1, -0.05) is 0 Å². The maximum Gasteiger partial charge on any atom is 0.254 e. The van der Waals surface area contributed by atoms with Crippen molar-refractivity contribution in [3.8, 4) is 0 Å². The van der Waals surface area contributed by atoms with Gasteiger partial charge >= 0.3 is 0 Å². The molecule has 28 heavy (non-hydrogen) atoms. The van der Waals surface area contributed by atoms with Gasteiger partial charge in [0, 0.05) is 55.7 Å². The first kappa shape index (κ1) is 18.9. The highest BCUT2D eigenvalue weighted by Crippen LogP contribution is 2.33. The quantitative estimate of drug-likeness (QED) is 0.802. The Morgan fingerprint density at radius 1 is 1.11 bits per heavy atom. The van der Waals surface area contributed by atoms with Crippen LogP contribution in [0.15, 0.2) is 24.3 Å². The fourth-order valence-corrected chi connectivity index (χ4v) is 4.33. The third-order valence-corrected chi connectivity index (χ3v) is 5.82. The van der Waals surface area contributed by atoms with Gasteiger partial charge in [0.15, 0.2) is 0 Å². The summed E-state index contributed by atoms with van der Waals surface area (Å²) in [5, 5.41) is 1.03. The number of morpholine rings is 1. The molecule has 2 saturated heterocycles. The van der Waals surface area contributed by atoms with Crippen molar-refractivity contribution in [2.24, 2.45) is 0 Å². The molecule has 148 valence electrons. The topological polar surface area (TPSA) is 62.7 Å². The summed E-state index contributed by atoms with van der Waals surface area (Å²) < 4.78 is 5.36. The molecule has 1 aromatic heterocycles. The number of aromatic nitrogens is 1. The van der Waals surface area contributed by atoms with Gasteiger partial charge in [0.25, 0.3) is 5.91 Å². The van der Waals surface area contributed by atoms with E-state index in [0.717, 1.165) is 42.5 Å². The first-order valence-electron chi connectivity index (χ1n) is 10.1. The first-order valence-corrected chi connectivity index (χ1v) is 10.1. The summed E-state index contributed by atoms with van der Waals surface area (Å²) in [5.41, 5.74) is 3.77. The van der Waals surface area contributed by atoms with Gasteiger partial charge in [-0.2, -0.15) is 0 Å². The number of rotatable bonds is 2. The lowest BCUT2D eigenvalue weighted by atomic mass is 9.87. The smallest absolute Gasteiger partial charge is 0.254 e. The minimum atomic E-state index is 0.0470. The third-order valence-electron chi connectivity index (χ3n) is 5.82. The molecule has 0 radical (unpaired) electrons. The van der Waals surface area contributed by atoms with Crippen molar-refractivity contribution in [1.82, 2.24) is 14.8 Å². The van der Waals surface area contributed by atoms with Crippen molar-refractivity contribution in [3.05, 3.63) is 41.1 Å². The molecule has 1 unspecified atom stereocenters. The van der Waals surface area contributed by atoms with Crippen LogP contribution in [-0.2, 0) is 9.53 Å². The highest BCUT2D eigenvalue weighted by molar-refractivity contribution is 5.98. The molecule has 2 aliphatic rings. The fourth-order valence-electron chi connectivity index (χ4n) is 4.33. The molecule has 1 atom stereocenters. The summed E-state index contributed by atoms with van der Waals surface area (Å²) in [5.74, 6) is 0.448. The Kier molecular flexibility index (Phi) is 5.31. The van der Waals surface area contributed by atoms with E-state index in [1.54, 1.807) is 6.92 Å². The second-order valence-electron chi connectivity index (χ2n) is 7.79. The normalized spacial score (nSPS) is 20.4. The molecule has 0 saturated carbocycles. The van der Waals surface area contributed by atoms with Crippen LogP contribution in [0.1, 0.15) is 47.3 Å². The van der Waals surface area contributed by atoms with E-state index in [0.29, 0.717) is 31.9 Å². The summed E-state index contributed by atoms with van der Waals surface area (Å²) >= 11 is 0. The van der Waals surface area contributed by atoms with Crippen LogP contribution in [-0.4, -0.2) is 66.0 Å². The lowest BCUT2D eigenvalue weighted by Gasteiger charge is -2.33. The van der Waals surface area contributed by atoms with Crippen LogP contribution >= 0.6 is 0 Å². The molecule has 0 N–H and O–H groups in total. The molecule has 0 spiro atoms. The molecule has 0 aliphatic carbocycles. The molecule has 3 heterocycles. The van der Waals surface area contributed by atoms with Crippen molar-refractivity contribution in [2.45, 2.75) is 32.6 Å². The summed E-state index contributed by atoms with van der Waals surface area (Å²) in [4.78, 5) is 33.3. The Labute approximate surface area is 165 Å². The van der Waals surface area contributed by atoms with Gasteiger partial charge in [-0.25, -0.2) is 0 Å². The van der Waals surface area contributed by atoms with E-state index in [2.05, 4.69) is 11.1 Å². The summed E-state index contributed by atoms with van der Waals surface area (Å²) in [6, 6.07) is 7.94. The predicted octanol–water partition coefficient (Wildman–Crippen LogP) is 2.74. The lowest BCUT2D eigenvalue weighted by molar-refractivity contribution is -0.130. The maximum atomic E-state index is 12.9. The van der Waals surface area contributed by atoms with Crippen molar-refractivity contribution in [1.29, 1.82) is 0 Å². The minimum Gasteiger partial charge on any atom is -0.378 e. The molecule has 6 nitrogen and oxygen atoms in total. The first-order chi connectivity index (χ1) is 13.5. The Morgan fingerprint density at radius 3 is 2.64 bits per heavy atom. The Morgan fingerprint density at radius 2 is 1.89 bits per heavy atom. The number of pyridine rings is 1. The second-order valence-corrected chi connectivity index (χ2v) is 7.79. The molecule has 2 amide bonds. The number of hydrogen-bond donors (Lipinski definition) is 0. The number of carbonyl (C=O) groups is 2. The molecule has 1 aromatic carbocycles. The van der Waals surface area contributed by atoms with E-state index >= 15 is 0 Å². The number of nitrogens with zero attached hydrogens (tertiary/aromatic N) is 3. The SMILES string of the molecule is CC(=O)N1CCCC(c2cc(C)nc3ccc(C(=O)N4CCOCC4)cc23)C1. The number of fused-ring (bicyclic) bond motifs is 1. The number of carbonyl (C=O) groups excluding carboxylic acids is 2. The molecular formula is C22H27N3O3. The van der Waals surface area contributed by atoms with Crippen molar-refractivity contribution in [3.63, 3.8) is 0 Å². The number of ether oxygens (including phenoxy) is 1. The van der Waals surface area contributed by atoms with E-state index in [9.17, 15) is 9.59 Å². The van der Waals surface area contributed by atoms with Crippen LogP contribution in [0.2, 0.25) is 0 Å². The average molecular weight is 381 g/mol. The zero-order chi connectivity index (χ0) is 19.7. The highest BCUT2D eigenvalue weighted by atomic mass is 16.5. The van der Waals surface area contributed by atoms with Crippen LogP contribution < -0.4 is 0 Å². The van der Waals surface area contributed by atoms with Gasteiger partial charge in [0.2, 0.25) is 5.91 Å². The average Bonchev–Trinajstić information content (AvgIpc) is 2.73. The van der Waals surface area contributed by atoms with E-state index in [1.165, 1.54) is 5.56 Å². The van der Waals surface area contributed by atoms with E-state index in [-0.39, 0.29) is 17.7 Å². The molecule has 2 aliphatic heterocycles. The summed E-state index contributed by atoms with van der Waals surface area (Å²) in [6.45, 7) is 7.64. The van der Waals surface area contributed by atoms with Gasteiger partial charge in [0.05, 0.1) is 18.7 Å². The number of aryl methyl sites for hydroxylation is 1. The predicted molar refractivity (Wildman–Crippen MR) is 107 cm³/mol. The van der Waals surface area contributed by atoms with Crippen LogP contribution in [0.5, 0.6) is 0 Å². The number of hydrogen-bond acceptors (Lipinski definition) is 4. The van der Waals surface area contributed by atoms with Gasteiger partial charge in [-0.15, -0.1) is 0 Å². The van der Waals surface area contributed by atoms with Crippen LogP contribution in [0.4, 0.5) is 0 Å². The Hall–Kier alpha value is -2.47. The molecule has 6 heteroatoms. The molecule has 0 bridgehead atoms. The number of piperidine rings is 1. The molecule has 2 aromatic rings. The molecule has 2 fully saturated rings. The standard InChI is InChI=1S/C22H27N3O3/c1-15-12-19(18-4-3-7-25(14-18)16(2)26)20-13-17(5-6-21(20)23-15)22(27)24-8-10-28-11-9-24/h5-6,12-13,18H,3-4,7-11,14H2,1-2H3. The van der Waals surface area contributed by atoms with E-state index < -0.39 is 0 Å². The Balaban J connectivity index is 1.71. The maximum absolute atomic E-state index is 12.9. The van der Waals surface area contributed by atoms with Crippen molar-refractivity contribution < 1.29 is 14.3 Å². The summed E-state index contributed by atoms with van der Waals surface area (Å²) in [7, 11) is 0. The largest absolute Gasteiger partial charge is 0.378 e. The van der Waals surface area contributed by atoms with Crippen molar-refractivity contribution in [2.75, 3.05) is 39.4 Å². The van der Waals surface area contributed by atoms with Gasteiger partial charge in [-0.3, -0.25) is 14.6 Å². The van der Waals surface area contributed by atoms with Crippen molar-refractivity contribution >= 4 is 22.7 Å². The molecular weight excluding hydrogens is 354 g/mol. The molecule has 4 rings (SSSR count). The van der Waals surface area contributed by atoms with Crippen LogP contribution in [0, 0.1) is 6.92 Å². The number of likely N-dealkylation sites (tertiary alicyclic amines) is 1. The lowest BCUT2D eigenvalue weighted by Crippen LogP contribution is -2.40. The highest BCUT2D eigenvalue weighted by Gasteiger charge is 2.25. The van der Waals surface area contributed by atoms with E-state index in [4.69, 9.17) is 4.74 Å². The monoisotopic (exact) mass is 381 g/mol. The van der Waals surface area contributed by atoms with Gasteiger partial charge in [-0.05, 0) is 49.6 Å². The van der Waals surface area contributed by atoms with E-state index in [1.807, 2.05) is 34.9 Å².